The molecular formula is C22H32ClN3O2. The number of nitrogens with one attached hydrogen (secondary N) is 1. The molecule has 2 bridgehead atoms. The Morgan fingerprint density at radius 1 is 1.14 bits per heavy atom. The molecule has 0 spiro atoms. The second-order valence-electron chi connectivity index (χ2n) is 8.65. The monoisotopic (exact) mass is 405 g/mol. The highest BCUT2D eigenvalue weighted by Gasteiger charge is 2.40. The third kappa shape index (κ3) is 4.69. The summed E-state index contributed by atoms with van der Waals surface area (Å²) < 4.78 is 0. The second kappa shape index (κ2) is 9.27. The van der Waals surface area contributed by atoms with E-state index in [9.17, 15) is 9.59 Å². The van der Waals surface area contributed by atoms with Gasteiger partial charge in [0.25, 0.3) is 0 Å². The van der Waals surface area contributed by atoms with Crippen molar-refractivity contribution in [2.45, 2.75) is 64.1 Å². The molecule has 2 atom stereocenters. The highest BCUT2D eigenvalue weighted by molar-refractivity contribution is 5.85. The lowest BCUT2D eigenvalue weighted by molar-refractivity contribution is -0.128. The van der Waals surface area contributed by atoms with E-state index in [4.69, 9.17) is 5.73 Å². The van der Waals surface area contributed by atoms with E-state index < -0.39 is 0 Å². The van der Waals surface area contributed by atoms with Crippen LogP contribution in [0.3, 0.4) is 0 Å². The Balaban J connectivity index is 0.00000225. The van der Waals surface area contributed by atoms with Crippen LogP contribution in [0.15, 0.2) is 24.3 Å². The van der Waals surface area contributed by atoms with Crippen molar-refractivity contribution in [1.82, 2.24) is 10.2 Å². The van der Waals surface area contributed by atoms with Gasteiger partial charge in [-0.2, -0.15) is 0 Å². The lowest BCUT2D eigenvalue weighted by atomic mass is 9.65. The molecule has 1 saturated heterocycles. The Morgan fingerprint density at radius 2 is 1.86 bits per heavy atom. The van der Waals surface area contributed by atoms with Crippen molar-refractivity contribution in [3.05, 3.63) is 35.4 Å². The average Bonchev–Trinajstić information content (AvgIpc) is 3.04. The van der Waals surface area contributed by atoms with Crippen molar-refractivity contribution in [3.63, 3.8) is 0 Å². The summed E-state index contributed by atoms with van der Waals surface area (Å²) in [5, 5.41) is 3.14. The minimum Gasteiger partial charge on any atom is -0.352 e. The number of rotatable bonds is 5. The first-order valence-electron chi connectivity index (χ1n) is 10.5. The van der Waals surface area contributed by atoms with Crippen molar-refractivity contribution in [2.75, 3.05) is 6.54 Å². The molecule has 2 aliphatic carbocycles. The molecule has 1 aromatic rings. The number of nitrogens with zero attached hydrogens (tertiary/aromatic N) is 1. The summed E-state index contributed by atoms with van der Waals surface area (Å²) in [6, 6.07) is 8.52. The van der Waals surface area contributed by atoms with Gasteiger partial charge in [0.15, 0.2) is 0 Å². The van der Waals surface area contributed by atoms with Crippen LogP contribution >= 0.6 is 12.4 Å². The van der Waals surface area contributed by atoms with E-state index in [1.807, 2.05) is 17.0 Å². The number of halogens is 1. The number of benzene rings is 1. The molecular weight excluding hydrogens is 374 g/mol. The smallest absolute Gasteiger partial charge is 0.223 e. The zero-order valence-electron chi connectivity index (χ0n) is 16.4. The topological polar surface area (TPSA) is 75.4 Å². The van der Waals surface area contributed by atoms with Crippen molar-refractivity contribution in [1.29, 1.82) is 0 Å². The van der Waals surface area contributed by atoms with Gasteiger partial charge in [-0.3, -0.25) is 9.59 Å². The predicted octanol–water partition coefficient (Wildman–Crippen LogP) is 3.00. The van der Waals surface area contributed by atoms with E-state index in [0.717, 1.165) is 36.9 Å². The Bertz CT molecular complexity index is 697. The van der Waals surface area contributed by atoms with Gasteiger partial charge in [0.2, 0.25) is 11.8 Å². The molecule has 2 saturated carbocycles. The van der Waals surface area contributed by atoms with Gasteiger partial charge < -0.3 is 16.0 Å². The number of nitrogens with two attached hydrogens (primary N) is 1. The second-order valence-corrected chi connectivity index (χ2v) is 8.65. The fourth-order valence-electron chi connectivity index (χ4n) is 5.27. The number of hydrogen-bond donors (Lipinski definition) is 2. The zero-order valence-corrected chi connectivity index (χ0v) is 17.3. The molecule has 3 fully saturated rings. The molecule has 0 radical (unpaired) electrons. The number of fused-ring (bicyclic) bond motifs is 2. The molecule has 1 heterocycles. The first-order chi connectivity index (χ1) is 13.1. The third-order valence-electron chi connectivity index (χ3n) is 6.79. The first kappa shape index (κ1) is 21.1. The summed E-state index contributed by atoms with van der Waals surface area (Å²) in [6.45, 7) is 2.08. The molecule has 3 aliphatic rings. The van der Waals surface area contributed by atoms with E-state index >= 15 is 0 Å². The lowest BCUT2D eigenvalue weighted by Crippen LogP contribution is -2.49. The molecule has 6 heteroatoms. The van der Waals surface area contributed by atoms with Crippen LogP contribution in [0.2, 0.25) is 0 Å². The fourth-order valence-corrected chi connectivity index (χ4v) is 5.27. The molecule has 2 amide bonds. The van der Waals surface area contributed by atoms with Crippen molar-refractivity contribution in [3.8, 4) is 0 Å². The third-order valence-corrected chi connectivity index (χ3v) is 6.79. The first-order valence-corrected chi connectivity index (χ1v) is 10.5. The van der Waals surface area contributed by atoms with Crippen LogP contribution < -0.4 is 11.1 Å². The van der Waals surface area contributed by atoms with Gasteiger partial charge in [0.1, 0.15) is 0 Å². The van der Waals surface area contributed by atoms with Crippen LogP contribution in [0.5, 0.6) is 0 Å². The van der Waals surface area contributed by atoms with Crippen LogP contribution in [-0.2, 0) is 22.7 Å². The van der Waals surface area contributed by atoms with Crippen molar-refractivity contribution >= 4 is 24.2 Å². The highest BCUT2D eigenvalue weighted by atomic mass is 35.5. The molecule has 1 aromatic carbocycles. The van der Waals surface area contributed by atoms with E-state index in [-0.39, 0.29) is 30.1 Å². The van der Waals surface area contributed by atoms with Gasteiger partial charge in [-0.25, -0.2) is 0 Å². The summed E-state index contributed by atoms with van der Waals surface area (Å²) in [6.07, 6.45) is 7.15. The Morgan fingerprint density at radius 3 is 2.54 bits per heavy atom. The number of carbonyl (C=O) groups is 2. The van der Waals surface area contributed by atoms with Crippen molar-refractivity contribution < 1.29 is 9.59 Å². The summed E-state index contributed by atoms with van der Waals surface area (Å²) in [4.78, 5) is 26.4. The van der Waals surface area contributed by atoms with E-state index in [1.165, 1.54) is 19.3 Å². The molecule has 28 heavy (non-hydrogen) atoms. The average molecular weight is 406 g/mol. The van der Waals surface area contributed by atoms with Crippen LogP contribution in [0.4, 0.5) is 0 Å². The van der Waals surface area contributed by atoms with Crippen LogP contribution in [-0.4, -0.2) is 29.3 Å². The van der Waals surface area contributed by atoms with Crippen LogP contribution in [0.25, 0.3) is 0 Å². The number of hydrogen-bond acceptors (Lipinski definition) is 3. The maximum atomic E-state index is 12.7. The van der Waals surface area contributed by atoms with Gasteiger partial charge in [0, 0.05) is 38.0 Å². The van der Waals surface area contributed by atoms with Crippen LogP contribution in [0, 0.1) is 17.8 Å². The van der Waals surface area contributed by atoms with Gasteiger partial charge in [-0.05, 0) is 55.1 Å². The van der Waals surface area contributed by atoms with E-state index in [0.29, 0.717) is 37.4 Å². The van der Waals surface area contributed by atoms with Gasteiger partial charge in [0.05, 0.1) is 0 Å². The molecule has 5 nitrogen and oxygen atoms in total. The Labute approximate surface area is 173 Å². The summed E-state index contributed by atoms with van der Waals surface area (Å²) >= 11 is 0. The van der Waals surface area contributed by atoms with Gasteiger partial charge >= 0.3 is 0 Å². The standard InChI is InChI=1S/C22H31N3O2.ClH/c23-21-17-6-2-7-18(21)12-19(11-17)22(27)24-13-15-4-1-5-16(10-15)14-25-9-3-8-20(25)26;/h1,4-5,10,17-19,21H,2-3,6-9,11-14,23H2,(H,24,27);1H. The Kier molecular flexibility index (Phi) is 7.00. The molecule has 4 rings (SSSR count). The number of carbonyl (C=O) groups excluding carboxylic acids is 2. The van der Waals surface area contributed by atoms with Gasteiger partial charge in [-0.15, -0.1) is 12.4 Å². The zero-order chi connectivity index (χ0) is 18.8. The molecule has 2 unspecified atom stereocenters. The summed E-state index contributed by atoms with van der Waals surface area (Å²) in [5.41, 5.74) is 8.58. The minimum absolute atomic E-state index is 0. The van der Waals surface area contributed by atoms with E-state index in [2.05, 4.69) is 17.4 Å². The SMILES string of the molecule is Cl.NC1C2CCCC1CC(C(=O)NCc1cccc(CN3CCCC3=O)c1)C2. The molecule has 1 aliphatic heterocycles. The predicted molar refractivity (Wildman–Crippen MR) is 112 cm³/mol. The van der Waals surface area contributed by atoms with Crippen LogP contribution in [0.1, 0.15) is 56.1 Å². The normalized spacial score (nSPS) is 29.3. The molecule has 3 N–H and O–H groups in total. The lowest BCUT2D eigenvalue weighted by Gasteiger charge is -2.43. The maximum absolute atomic E-state index is 12.7. The van der Waals surface area contributed by atoms with Gasteiger partial charge in [-0.1, -0.05) is 30.7 Å². The Hall–Kier alpha value is -1.59. The maximum Gasteiger partial charge on any atom is 0.223 e. The van der Waals surface area contributed by atoms with E-state index in [1.54, 1.807) is 0 Å². The number of amides is 2. The minimum atomic E-state index is 0. The van der Waals surface area contributed by atoms with Crippen molar-refractivity contribution in [2.24, 2.45) is 23.5 Å². The fraction of sp³-hybridized carbons (Fsp3) is 0.636. The molecule has 0 aromatic heterocycles. The quantitative estimate of drug-likeness (QED) is 0.790. The summed E-state index contributed by atoms with van der Waals surface area (Å²) in [7, 11) is 0. The largest absolute Gasteiger partial charge is 0.352 e. The number of likely N-dealkylation sites (tertiary alicyclic amines) is 1. The summed E-state index contributed by atoms with van der Waals surface area (Å²) in [5.74, 6) is 1.59. The highest BCUT2D eigenvalue weighted by Crippen LogP contribution is 2.41. The molecule has 154 valence electrons.